The van der Waals surface area contributed by atoms with Crippen molar-refractivity contribution < 1.29 is 14.3 Å². The minimum atomic E-state index is -0.657. The Morgan fingerprint density at radius 1 is 0.976 bits per heavy atom. The van der Waals surface area contributed by atoms with Crippen LogP contribution in [0.1, 0.15) is 128 Å². The summed E-state index contributed by atoms with van der Waals surface area (Å²) in [5, 5.41) is 0. The Balaban J connectivity index is 1.22. The van der Waals surface area contributed by atoms with Gasteiger partial charge in [0, 0.05) is 15.7 Å². The van der Waals surface area contributed by atoms with E-state index in [4.69, 9.17) is 4.74 Å². The van der Waals surface area contributed by atoms with Crippen molar-refractivity contribution in [1.82, 2.24) is 0 Å². The maximum absolute atomic E-state index is 12.8. The van der Waals surface area contributed by atoms with Gasteiger partial charge in [0.05, 0.1) is 11.3 Å². The summed E-state index contributed by atoms with van der Waals surface area (Å²) in [5.74, 6) is 10.6. The van der Waals surface area contributed by atoms with Crippen LogP contribution in [-0.4, -0.2) is 18.4 Å². The predicted octanol–water partition coefficient (Wildman–Crippen LogP) is 9.40. The molecule has 0 N–H and O–H groups in total. The number of hydrogen-bond acceptors (Lipinski definition) is 4. The highest BCUT2D eigenvalue weighted by atomic mass is 32.1. The number of esters is 1. The standard InChI is InChI=1S/C38H54O3S/c1-25-10-11-27(42-25)14-20-38-17-8-9-30(38)29-12-13-32-35(5)18-16-31(41-33(40)23-34(3,4)24-39)26(2)28(35)15-19-37(32,7)36(29,6)21-22-38/h10-11,24,26,28-32H,8-9,12-13,15-19,21-23H2,1-7H3/t26?,28?,29?,30?,31?,32?,35?,36-,37?,38+/m1/s1. The smallest absolute Gasteiger partial charge is 0.307 e. The highest BCUT2D eigenvalue weighted by Crippen LogP contribution is 2.76. The third kappa shape index (κ3) is 4.66. The number of aldehydes is 1. The molecule has 0 amide bonds. The highest BCUT2D eigenvalue weighted by Gasteiger charge is 2.69. The summed E-state index contributed by atoms with van der Waals surface area (Å²) < 4.78 is 6.11. The summed E-state index contributed by atoms with van der Waals surface area (Å²) in [5.41, 5.74) is 0.589. The second-order valence-electron chi connectivity index (χ2n) is 16.7. The fourth-order valence-electron chi connectivity index (χ4n) is 11.9. The maximum atomic E-state index is 12.8. The topological polar surface area (TPSA) is 43.4 Å². The Bertz CT molecular complexity index is 1280. The first kappa shape index (κ1) is 30.4. The quantitative estimate of drug-likeness (QED) is 0.199. The fourth-order valence-corrected chi connectivity index (χ4v) is 12.6. The third-order valence-electron chi connectivity index (χ3n) is 14.3. The van der Waals surface area contributed by atoms with Crippen molar-refractivity contribution in [3.8, 4) is 11.8 Å². The number of carbonyl (C=O) groups is 2. The molecule has 0 aromatic carbocycles. The van der Waals surface area contributed by atoms with Gasteiger partial charge in [0.25, 0.3) is 0 Å². The number of ether oxygens (including phenoxy) is 1. The maximum Gasteiger partial charge on any atom is 0.307 e. The number of carbonyl (C=O) groups excluding carboxylic acids is 2. The van der Waals surface area contributed by atoms with Crippen LogP contribution in [0.15, 0.2) is 12.1 Å². The minimum absolute atomic E-state index is 0.0196. The Hall–Kier alpha value is -1.60. The number of aryl methyl sites for hydroxylation is 1. The van der Waals surface area contributed by atoms with Crippen LogP contribution in [0.3, 0.4) is 0 Å². The van der Waals surface area contributed by atoms with Crippen molar-refractivity contribution in [1.29, 1.82) is 0 Å². The van der Waals surface area contributed by atoms with E-state index in [1.807, 2.05) is 25.2 Å². The van der Waals surface area contributed by atoms with Crippen LogP contribution >= 0.6 is 11.3 Å². The number of fused-ring (bicyclic) bond motifs is 7. The second-order valence-corrected chi connectivity index (χ2v) is 18.0. The van der Waals surface area contributed by atoms with Crippen LogP contribution in [0.25, 0.3) is 0 Å². The zero-order valence-corrected chi connectivity index (χ0v) is 28.1. The van der Waals surface area contributed by atoms with E-state index in [1.54, 1.807) is 0 Å². The van der Waals surface area contributed by atoms with Crippen LogP contribution in [-0.2, 0) is 14.3 Å². The molecule has 3 nitrogen and oxygen atoms in total. The van der Waals surface area contributed by atoms with Gasteiger partial charge in [0.15, 0.2) is 0 Å². The molecule has 0 bridgehead atoms. The molecule has 5 aliphatic rings. The van der Waals surface area contributed by atoms with Crippen LogP contribution < -0.4 is 0 Å². The van der Waals surface area contributed by atoms with Crippen molar-refractivity contribution in [2.24, 2.45) is 56.7 Å². The molecule has 1 aromatic rings. The molecule has 5 aliphatic carbocycles. The molecule has 1 aromatic heterocycles. The summed E-state index contributed by atoms with van der Waals surface area (Å²) >= 11 is 1.84. The molecule has 230 valence electrons. The first-order valence-electron chi connectivity index (χ1n) is 17.0. The van der Waals surface area contributed by atoms with E-state index in [2.05, 4.69) is 58.6 Å². The van der Waals surface area contributed by atoms with E-state index in [1.165, 1.54) is 67.5 Å². The molecule has 10 atom stereocenters. The Labute approximate surface area is 259 Å². The molecule has 42 heavy (non-hydrogen) atoms. The molecule has 0 aliphatic heterocycles. The molecule has 6 rings (SSSR count). The van der Waals surface area contributed by atoms with Crippen molar-refractivity contribution >= 4 is 23.6 Å². The second kappa shape index (κ2) is 10.5. The van der Waals surface area contributed by atoms with Gasteiger partial charge in [0.1, 0.15) is 12.4 Å². The number of thiophene rings is 1. The Morgan fingerprint density at radius 2 is 1.76 bits per heavy atom. The molecule has 5 saturated carbocycles. The predicted molar refractivity (Wildman–Crippen MR) is 171 cm³/mol. The lowest BCUT2D eigenvalue weighted by atomic mass is 9.33. The normalized spacial score (nSPS) is 44.5. The number of hydrogen-bond donors (Lipinski definition) is 0. The highest BCUT2D eigenvalue weighted by molar-refractivity contribution is 7.12. The minimum Gasteiger partial charge on any atom is -0.462 e. The Morgan fingerprint density at radius 3 is 2.48 bits per heavy atom. The van der Waals surface area contributed by atoms with Gasteiger partial charge in [-0.1, -0.05) is 59.8 Å². The summed E-state index contributed by atoms with van der Waals surface area (Å²) in [6.07, 6.45) is 15.0. The summed E-state index contributed by atoms with van der Waals surface area (Å²) in [6, 6.07) is 4.43. The molecular formula is C38H54O3S. The molecule has 5 fully saturated rings. The van der Waals surface area contributed by atoms with E-state index in [0.29, 0.717) is 28.1 Å². The van der Waals surface area contributed by atoms with Crippen molar-refractivity contribution in [2.75, 3.05) is 0 Å². The monoisotopic (exact) mass is 590 g/mol. The first-order valence-corrected chi connectivity index (χ1v) is 17.8. The van der Waals surface area contributed by atoms with Gasteiger partial charge >= 0.3 is 5.97 Å². The lowest BCUT2D eigenvalue weighted by Gasteiger charge is -2.71. The average molecular weight is 591 g/mol. The van der Waals surface area contributed by atoms with Crippen LogP contribution in [0, 0.1) is 75.4 Å². The van der Waals surface area contributed by atoms with Crippen LogP contribution in [0.5, 0.6) is 0 Å². The van der Waals surface area contributed by atoms with Gasteiger partial charge in [-0.3, -0.25) is 4.79 Å². The molecular weight excluding hydrogens is 536 g/mol. The van der Waals surface area contributed by atoms with Crippen LogP contribution in [0.2, 0.25) is 0 Å². The van der Waals surface area contributed by atoms with Crippen molar-refractivity contribution in [3.05, 3.63) is 21.9 Å². The van der Waals surface area contributed by atoms with Gasteiger partial charge in [0.2, 0.25) is 0 Å². The summed E-state index contributed by atoms with van der Waals surface area (Å²) in [4.78, 5) is 26.8. The van der Waals surface area contributed by atoms with E-state index in [-0.39, 0.29) is 23.9 Å². The van der Waals surface area contributed by atoms with Gasteiger partial charge in [-0.05, 0) is 129 Å². The van der Waals surface area contributed by atoms with Gasteiger partial charge < -0.3 is 9.53 Å². The molecule has 0 radical (unpaired) electrons. The zero-order valence-electron chi connectivity index (χ0n) is 27.3. The average Bonchev–Trinajstić information content (AvgIpc) is 3.55. The summed E-state index contributed by atoms with van der Waals surface area (Å²) in [7, 11) is 0. The lowest BCUT2D eigenvalue weighted by molar-refractivity contribution is -0.231. The molecule has 0 spiro atoms. The SMILES string of the molecule is Cc1ccc(C#C[C@]23CCCC2C2CCC4C5(C)CCC(OC(=O)CC(C)(C)C=O)C(C)C5CCC4(C)[C@]2(C)CC3)s1. The molecule has 4 heteroatoms. The van der Waals surface area contributed by atoms with E-state index >= 15 is 0 Å². The van der Waals surface area contributed by atoms with E-state index in [9.17, 15) is 9.59 Å². The third-order valence-corrected chi connectivity index (χ3v) is 15.2. The van der Waals surface area contributed by atoms with Crippen molar-refractivity contribution in [3.63, 3.8) is 0 Å². The number of rotatable bonds is 4. The van der Waals surface area contributed by atoms with E-state index < -0.39 is 5.41 Å². The Kier molecular flexibility index (Phi) is 7.60. The van der Waals surface area contributed by atoms with Gasteiger partial charge in [-0.2, -0.15) is 0 Å². The first-order chi connectivity index (χ1) is 19.8. The molecule has 1 heterocycles. The zero-order chi connectivity index (χ0) is 30.1. The fraction of sp³-hybridized carbons (Fsp3) is 0.789. The van der Waals surface area contributed by atoms with Crippen LogP contribution in [0.4, 0.5) is 0 Å². The van der Waals surface area contributed by atoms with Crippen molar-refractivity contribution in [2.45, 2.75) is 132 Å². The summed E-state index contributed by atoms with van der Waals surface area (Å²) in [6.45, 7) is 16.2. The largest absolute Gasteiger partial charge is 0.462 e. The van der Waals surface area contributed by atoms with Gasteiger partial charge in [-0.25, -0.2) is 0 Å². The molecule has 0 saturated heterocycles. The lowest BCUT2D eigenvalue weighted by Crippen LogP contribution is -2.65. The van der Waals surface area contributed by atoms with E-state index in [0.717, 1.165) is 36.9 Å². The molecule has 8 unspecified atom stereocenters. The van der Waals surface area contributed by atoms with Gasteiger partial charge in [-0.15, -0.1) is 11.3 Å².